The number of guanidine groups is 1. The Balaban J connectivity index is 1.80. The minimum absolute atomic E-state index is 0.0830. The van der Waals surface area contributed by atoms with Crippen LogP contribution in [0.4, 0.5) is 0 Å². The molecule has 1 heterocycles. The van der Waals surface area contributed by atoms with Gasteiger partial charge in [0.25, 0.3) is 0 Å². The number of aryl methyl sites for hydroxylation is 1. The van der Waals surface area contributed by atoms with Gasteiger partial charge in [0.1, 0.15) is 0 Å². The van der Waals surface area contributed by atoms with Gasteiger partial charge in [0.2, 0.25) is 5.91 Å². The van der Waals surface area contributed by atoms with Crippen molar-refractivity contribution in [2.24, 2.45) is 12.0 Å². The van der Waals surface area contributed by atoms with Crippen molar-refractivity contribution in [3.63, 3.8) is 0 Å². The summed E-state index contributed by atoms with van der Waals surface area (Å²) >= 11 is 6.01. The molecule has 0 radical (unpaired) electrons. The molecular formula is C18H24ClN5O. The van der Waals surface area contributed by atoms with Crippen molar-refractivity contribution in [3.8, 4) is 0 Å². The molecule has 1 aromatic heterocycles. The molecule has 0 unspecified atom stereocenters. The zero-order valence-electron chi connectivity index (χ0n) is 14.8. The van der Waals surface area contributed by atoms with Gasteiger partial charge < -0.3 is 20.1 Å². The quantitative estimate of drug-likeness (QED) is 0.611. The highest BCUT2D eigenvalue weighted by atomic mass is 35.5. The van der Waals surface area contributed by atoms with E-state index in [1.165, 1.54) is 0 Å². The first-order valence-corrected chi connectivity index (χ1v) is 8.40. The van der Waals surface area contributed by atoms with E-state index in [0.717, 1.165) is 11.3 Å². The first-order valence-electron chi connectivity index (χ1n) is 8.02. The Morgan fingerprint density at radius 1 is 1.28 bits per heavy atom. The molecule has 134 valence electrons. The Kier molecular flexibility index (Phi) is 6.89. The van der Waals surface area contributed by atoms with Crippen molar-refractivity contribution in [3.05, 3.63) is 58.9 Å². The standard InChI is InChI=1S/C18H24ClN5O/c1-20-18(24(3)13-16-9-15(19)12-23(16)2)22-11-17(25)21-10-14-7-5-4-6-8-14/h4-9,12H,10-11,13H2,1-3H3,(H,20,22)(H,21,25). The lowest BCUT2D eigenvalue weighted by molar-refractivity contribution is -0.120. The monoisotopic (exact) mass is 361 g/mol. The topological polar surface area (TPSA) is 61.7 Å². The molecule has 0 aliphatic heterocycles. The average molecular weight is 362 g/mol. The van der Waals surface area contributed by atoms with E-state index >= 15 is 0 Å². The average Bonchev–Trinajstić information content (AvgIpc) is 2.91. The van der Waals surface area contributed by atoms with E-state index in [4.69, 9.17) is 11.6 Å². The number of carbonyl (C=O) groups is 1. The number of nitrogens with one attached hydrogen (secondary N) is 2. The second-order valence-corrected chi connectivity index (χ2v) is 6.22. The fraction of sp³-hybridized carbons (Fsp3) is 0.333. The van der Waals surface area contributed by atoms with Crippen molar-refractivity contribution >= 4 is 23.5 Å². The van der Waals surface area contributed by atoms with Crippen molar-refractivity contribution in [2.75, 3.05) is 20.6 Å². The maximum Gasteiger partial charge on any atom is 0.239 e. The number of benzene rings is 1. The van der Waals surface area contributed by atoms with Crippen LogP contribution in [0.2, 0.25) is 5.02 Å². The van der Waals surface area contributed by atoms with Crippen LogP contribution in [-0.2, 0) is 24.9 Å². The summed E-state index contributed by atoms with van der Waals surface area (Å²) in [5.74, 6) is 0.562. The number of carbonyl (C=O) groups excluding carboxylic acids is 1. The van der Waals surface area contributed by atoms with Crippen LogP contribution in [0.3, 0.4) is 0 Å². The number of aromatic nitrogens is 1. The molecule has 0 bridgehead atoms. The number of aliphatic imine (C=N–C) groups is 1. The summed E-state index contributed by atoms with van der Waals surface area (Å²) in [6, 6.07) is 11.7. The number of nitrogens with zero attached hydrogens (tertiary/aromatic N) is 3. The molecule has 0 fully saturated rings. The van der Waals surface area contributed by atoms with Crippen LogP contribution < -0.4 is 10.6 Å². The van der Waals surface area contributed by atoms with E-state index in [1.807, 2.05) is 66.2 Å². The van der Waals surface area contributed by atoms with Crippen LogP contribution in [0.1, 0.15) is 11.3 Å². The smallest absolute Gasteiger partial charge is 0.239 e. The fourth-order valence-corrected chi connectivity index (χ4v) is 2.72. The molecule has 0 aliphatic rings. The molecule has 6 nitrogen and oxygen atoms in total. The van der Waals surface area contributed by atoms with Crippen LogP contribution in [0.25, 0.3) is 0 Å². The molecule has 2 aromatic rings. The van der Waals surface area contributed by atoms with Crippen molar-refractivity contribution in [1.82, 2.24) is 20.1 Å². The summed E-state index contributed by atoms with van der Waals surface area (Å²) in [6.07, 6.45) is 1.86. The molecule has 0 spiro atoms. The minimum Gasteiger partial charge on any atom is -0.351 e. The minimum atomic E-state index is -0.0830. The largest absolute Gasteiger partial charge is 0.351 e. The Morgan fingerprint density at radius 3 is 2.60 bits per heavy atom. The molecule has 1 aromatic carbocycles. The number of halogens is 1. The molecular weight excluding hydrogens is 338 g/mol. The number of amides is 1. The summed E-state index contributed by atoms with van der Waals surface area (Å²) in [6.45, 7) is 1.31. The Labute approximate surface area is 153 Å². The van der Waals surface area contributed by atoms with E-state index in [9.17, 15) is 4.79 Å². The summed E-state index contributed by atoms with van der Waals surface area (Å²) in [7, 11) is 5.55. The third-order valence-corrected chi connectivity index (χ3v) is 3.99. The molecule has 0 atom stereocenters. The van der Waals surface area contributed by atoms with E-state index in [1.54, 1.807) is 7.05 Å². The maximum atomic E-state index is 12.0. The van der Waals surface area contributed by atoms with Crippen molar-refractivity contribution in [2.45, 2.75) is 13.1 Å². The second-order valence-electron chi connectivity index (χ2n) is 5.78. The highest BCUT2D eigenvalue weighted by molar-refractivity contribution is 6.30. The molecule has 2 rings (SSSR count). The number of rotatable bonds is 6. The zero-order valence-corrected chi connectivity index (χ0v) is 15.5. The molecule has 25 heavy (non-hydrogen) atoms. The van der Waals surface area contributed by atoms with Crippen molar-refractivity contribution in [1.29, 1.82) is 0 Å². The predicted molar refractivity (Wildman–Crippen MR) is 102 cm³/mol. The summed E-state index contributed by atoms with van der Waals surface area (Å²) < 4.78 is 1.97. The molecule has 1 amide bonds. The van der Waals surface area contributed by atoms with E-state index in [2.05, 4.69) is 15.6 Å². The van der Waals surface area contributed by atoms with Gasteiger partial charge in [-0.2, -0.15) is 0 Å². The lowest BCUT2D eigenvalue weighted by Crippen LogP contribution is -2.43. The Hall–Kier alpha value is -2.47. The van der Waals surface area contributed by atoms with Crippen LogP contribution in [-0.4, -0.2) is 42.0 Å². The van der Waals surface area contributed by atoms with Gasteiger partial charge in [-0.1, -0.05) is 41.9 Å². The summed E-state index contributed by atoms with van der Waals surface area (Å²) in [4.78, 5) is 18.2. The van der Waals surface area contributed by atoms with Gasteiger partial charge in [-0.25, -0.2) is 0 Å². The van der Waals surface area contributed by atoms with E-state index < -0.39 is 0 Å². The highest BCUT2D eigenvalue weighted by Crippen LogP contribution is 2.14. The Morgan fingerprint density at radius 2 is 2.00 bits per heavy atom. The second kappa shape index (κ2) is 9.13. The number of hydrogen-bond donors (Lipinski definition) is 2. The zero-order chi connectivity index (χ0) is 18.2. The molecule has 7 heteroatoms. The van der Waals surface area contributed by atoms with Gasteiger partial charge >= 0.3 is 0 Å². The van der Waals surface area contributed by atoms with Gasteiger partial charge in [0, 0.05) is 39.6 Å². The van der Waals surface area contributed by atoms with Gasteiger partial charge in [0.15, 0.2) is 5.96 Å². The van der Waals surface area contributed by atoms with Gasteiger partial charge in [-0.05, 0) is 11.6 Å². The molecule has 0 saturated heterocycles. The van der Waals surface area contributed by atoms with Gasteiger partial charge in [-0.15, -0.1) is 0 Å². The first-order chi connectivity index (χ1) is 12.0. The van der Waals surface area contributed by atoms with Crippen LogP contribution in [0.5, 0.6) is 0 Å². The molecule has 2 N–H and O–H groups in total. The van der Waals surface area contributed by atoms with Crippen LogP contribution >= 0.6 is 11.6 Å². The first kappa shape index (κ1) is 18.9. The molecule has 0 saturated carbocycles. The third-order valence-electron chi connectivity index (χ3n) is 3.79. The highest BCUT2D eigenvalue weighted by Gasteiger charge is 2.11. The Bertz CT molecular complexity index is 726. The third kappa shape index (κ3) is 5.83. The van der Waals surface area contributed by atoms with Gasteiger partial charge in [0.05, 0.1) is 18.1 Å². The van der Waals surface area contributed by atoms with Gasteiger partial charge in [-0.3, -0.25) is 9.79 Å². The summed E-state index contributed by atoms with van der Waals surface area (Å²) in [5.41, 5.74) is 2.13. The van der Waals surface area contributed by atoms with E-state index in [-0.39, 0.29) is 12.5 Å². The lowest BCUT2D eigenvalue weighted by Gasteiger charge is -2.22. The fourth-order valence-electron chi connectivity index (χ4n) is 2.44. The van der Waals surface area contributed by atoms with Crippen molar-refractivity contribution < 1.29 is 4.79 Å². The van der Waals surface area contributed by atoms with E-state index in [0.29, 0.717) is 24.1 Å². The van der Waals surface area contributed by atoms with Crippen LogP contribution in [0.15, 0.2) is 47.6 Å². The van der Waals surface area contributed by atoms with Crippen LogP contribution in [0, 0.1) is 0 Å². The lowest BCUT2D eigenvalue weighted by atomic mass is 10.2. The number of hydrogen-bond acceptors (Lipinski definition) is 2. The SMILES string of the molecule is CN=C(NCC(=O)NCc1ccccc1)N(C)Cc1cc(Cl)cn1C. The normalized spacial score (nSPS) is 11.3. The molecule has 0 aliphatic carbocycles. The maximum absolute atomic E-state index is 12.0. The predicted octanol–water partition coefficient (Wildman–Crippen LogP) is 2.00. The summed E-state index contributed by atoms with van der Waals surface area (Å²) in [5, 5.41) is 6.66.